The van der Waals surface area contributed by atoms with Crippen LogP contribution in [-0.4, -0.2) is 22.6 Å². The molecule has 106 valence electrons. The van der Waals surface area contributed by atoms with E-state index in [-0.39, 0.29) is 5.91 Å². The SMILES string of the molecule is Cc1ccc(CCNC(=O)Cc2c(C)n[nH]c2C)cc1. The first-order valence-corrected chi connectivity index (χ1v) is 6.89. The van der Waals surface area contributed by atoms with Crippen LogP contribution in [0.3, 0.4) is 0 Å². The van der Waals surface area contributed by atoms with Crippen molar-refractivity contribution in [2.24, 2.45) is 0 Å². The van der Waals surface area contributed by atoms with Crippen molar-refractivity contribution in [2.75, 3.05) is 6.54 Å². The third-order valence-electron chi connectivity index (χ3n) is 3.47. The zero-order chi connectivity index (χ0) is 14.5. The predicted molar refractivity (Wildman–Crippen MR) is 79.7 cm³/mol. The lowest BCUT2D eigenvalue weighted by molar-refractivity contribution is -0.120. The Bertz CT molecular complexity index is 565. The summed E-state index contributed by atoms with van der Waals surface area (Å²) in [5, 5.41) is 9.96. The van der Waals surface area contributed by atoms with Gasteiger partial charge in [0, 0.05) is 17.8 Å². The van der Waals surface area contributed by atoms with Crippen LogP contribution in [0, 0.1) is 20.8 Å². The average molecular weight is 271 g/mol. The summed E-state index contributed by atoms with van der Waals surface area (Å²) in [5.74, 6) is 0.0460. The van der Waals surface area contributed by atoms with E-state index in [9.17, 15) is 4.79 Å². The number of carbonyl (C=O) groups is 1. The Labute approximate surface area is 119 Å². The number of amides is 1. The molecule has 0 radical (unpaired) electrons. The summed E-state index contributed by atoms with van der Waals surface area (Å²) < 4.78 is 0. The lowest BCUT2D eigenvalue weighted by atomic mass is 10.1. The number of hydrogen-bond donors (Lipinski definition) is 2. The van der Waals surface area contributed by atoms with Gasteiger partial charge in [-0.05, 0) is 32.8 Å². The van der Waals surface area contributed by atoms with Gasteiger partial charge in [0.25, 0.3) is 0 Å². The van der Waals surface area contributed by atoms with Gasteiger partial charge in [-0.25, -0.2) is 0 Å². The lowest BCUT2D eigenvalue weighted by Crippen LogP contribution is -2.27. The third kappa shape index (κ3) is 3.70. The van der Waals surface area contributed by atoms with Gasteiger partial charge in [0.15, 0.2) is 0 Å². The smallest absolute Gasteiger partial charge is 0.224 e. The van der Waals surface area contributed by atoms with Crippen LogP contribution in [0.2, 0.25) is 0 Å². The van der Waals surface area contributed by atoms with Crippen molar-refractivity contribution in [1.82, 2.24) is 15.5 Å². The zero-order valence-electron chi connectivity index (χ0n) is 12.3. The molecule has 2 N–H and O–H groups in total. The minimum atomic E-state index is 0.0460. The number of nitrogens with one attached hydrogen (secondary N) is 2. The topological polar surface area (TPSA) is 57.8 Å². The van der Waals surface area contributed by atoms with E-state index in [0.29, 0.717) is 13.0 Å². The molecule has 1 aromatic heterocycles. The van der Waals surface area contributed by atoms with Crippen LogP contribution in [-0.2, 0) is 17.6 Å². The highest BCUT2D eigenvalue weighted by atomic mass is 16.1. The molecule has 0 aliphatic rings. The van der Waals surface area contributed by atoms with Crippen molar-refractivity contribution < 1.29 is 4.79 Å². The molecule has 0 spiro atoms. The summed E-state index contributed by atoms with van der Waals surface area (Å²) in [4.78, 5) is 11.9. The fraction of sp³-hybridized carbons (Fsp3) is 0.375. The number of rotatable bonds is 5. The Morgan fingerprint density at radius 3 is 2.50 bits per heavy atom. The van der Waals surface area contributed by atoms with E-state index >= 15 is 0 Å². The van der Waals surface area contributed by atoms with Crippen LogP contribution in [0.25, 0.3) is 0 Å². The van der Waals surface area contributed by atoms with E-state index in [2.05, 4.69) is 46.7 Å². The highest BCUT2D eigenvalue weighted by Gasteiger charge is 2.10. The Balaban J connectivity index is 1.80. The molecule has 1 heterocycles. The van der Waals surface area contributed by atoms with Gasteiger partial charge in [-0.3, -0.25) is 9.89 Å². The Kier molecular flexibility index (Phi) is 4.56. The van der Waals surface area contributed by atoms with Crippen molar-refractivity contribution in [3.63, 3.8) is 0 Å². The Morgan fingerprint density at radius 1 is 1.20 bits per heavy atom. The highest BCUT2D eigenvalue weighted by Crippen LogP contribution is 2.09. The molecule has 0 fully saturated rings. The van der Waals surface area contributed by atoms with E-state index in [4.69, 9.17) is 0 Å². The summed E-state index contributed by atoms with van der Waals surface area (Å²) in [7, 11) is 0. The van der Waals surface area contributed by atoms with Gasteiger partial charge in [-0.15, -0.1) is 0 Å². The van der Waals surface area contributed by atoms with E-state index in [1.165, 1.54) is 11.1 Å². The molecule has 1 aromatic carbocycles. The largest absolute Gasteiger partial charge is 0.355 e. The van der Waals surface area contributed by atoms with E-state index in [1.54, 1.807) is 0 Å². The molecule has 4 heteroatoms. The third-order valence-corrected chi connectivity index (χ3v) is 3.47. The number of H-pyrrole nitrogens is 1. The molecule has 0 saturated heterocycles. The standard InChI is InChI=1S/C16H21N3O/c1-11-4-6-14(7-5-11)8-9-17-16(20)10-15-12(2)18-19-13(15)3/h4-7H,8-10H2,1-3H3,(H,17,20)(H,18,19). The molecule has 0 atom stereocenters. The van der Waals surface area contributed by atoms with E-state index < -0.39 is 0 Å². The normalized spacial score (nSPS) is 10.6. The maximum atomic E-state index is 11.9. The van der Waals surface area contributed by atoms with Gasteiger partial charge < -0.3 is 5.32 Å². The second kappa shape index (κ2) is 6.37. The maximum absolute atomic E-state index is 11.9. The quantitative estimate of drug-likeness (QED) is 0.876. The van der Waals surface area contributed by atoms with E-state index in [0.717, 1.165) is 23.4 Å². The fourth-order valence-corrected chi connectivity index (χ4v) is 2.16. The van der Waals surface area contributed by atoms with Crippen LogP contribution in [0.1, 0.15) is 28.1 Å². The van der Waals surface area contributed by atoms with Crippen LogP contribution in [0.5, 0.6) is 0 Å². The maximum Gasteiger partial charge on any atom is 0.224 e. The van der Waals surface area contributed by atoms with Gasteiger partial charge >= 0.3 is 0 Å². The second-order valence-corrected chi connectivity index (χ2v) is 5.17. The molecular formula is C16H21N3O. The molecule has 2 aromatic rings. The summed E-state index contributed by atoms with van der Waals surface area (Å²) >= 11 is 0. The summed E-state index contributed by atoms with van der Waals surface area (Å²) in [6, 6.07) is 8.39. The molecule has 0 aliphatic heterocycles. The van der Waals surface area contributed by atoms with Crippen LogP contribution in [0.4, 0.5) is 0 Å². The number of aryl methyl sites for hydroxylation is 3. The molecule has 4 nitrogen and oxygen atoms in total. The molecular weight excluding hydrogens is 250 g/mol. The number of nitrogens with zero attached hydrogens (tertiary/aromatic N) is 1. The highest BCUT2D eigenvalue weighted by molar-refractivity contribution is 5.79. The van der Waals surface area contributed by atoms with Crippen molar-refractivity contribution in [3.05, 3.63) is 52.3 Å². The number of aromatic amines is 1. The van der Waals surface area contributed by atoms with Crippen molar-refractivity contribution in [1.29, 1.82) is 0 Å². The van der Waals surface area contributed by atoms with Gasteiger partial charge in [-0.2, -0.15) is 5.10 Å². The predicted octanol–water partition coefficient (Wildman–Crippen LogP) is 2.24. The van der Waals surface area contributed by atoms with Crippen LogP contribution < -0.4 is 5.32 Å². The first-order valence-electron chi connectivity index (χ1n) is 6.89. The molecule has 20 heavy (non-hydrogen) atoms. The molecule has 0 bridgehead atoms. The average Bonchev–Trinajstić information content (AvgIpc) is 2.73. The number of aromatic nitrogens is 2. The van der Waals surface area contributed by atoms with Gasteiger partial charge in [0.05, 0.1) is 12.1 Å². The number of hydrogen-bond acceptors (Lipinski definition) is 2. The molecule has 2 rings (SSSR count). The summed E-state index contributed by atoms with van der Waals surface area (Å²) in [5.41, 5.74) is 5.36. The summed E-state index contributed by atoms with van der Waals surface area (Å²) in [6.07, 6.45) is 1.25. The number of carbonyl (C=O) groups excluding carboxylic acids is 1. The minimum Gasteiger partial charge on any atom is -0.355 e. The van der Waals surface area contributed by atoms with Crippen LogP contribution >= 0.6 is 0 Å². The monoisotopic (exact) mass is 271 g/mol. The van der Waals surface area contributed by atoms with Gasteiger partial charge in [0.2, 0.25) is 5.91 Å². The van der Waals surface area contributed by atoms with Crippen molar-refractivity contribution >= 4 is 5.91 Å². The summed E-state index contributed by atoms with van der Waals surface area (Å²) in [6.45, 7) is 6.59. The van der Waals surface area contributed by atoms with Crippen molar-refractivity contribution in [2.45, 2.75) is 33.6 Å². The first kappa shape index (κ1) is 14.3. The van der Waals surface area contributed by atoms with Gasteiger partial charge in [-0.1, -0.05) is 29.8 Å². The number of benzene rings is 1. The fourth-order valence-electron chi connectivity index (χ4n) is 2.16. The molecule has 0 aliphatic carbocycles. The first-order chi connectivity index (χ1) is 9.56. The van der Waals surface area contributed by atoms with E-state index in [1.807, 2.05) is 13.8 Å². The minimum absolute atomic E-state index is 0.0460. The van der Waals surface area contributed by atoms with Gasteiger partial charge in [0.1, 0.15) is 0 Å². The second-order valence-electron chi connectivity index (χ2n) is 5.17. The molecule has 1 amide bonds. The Morgan fingerprint density at radius 2 is 1.90 bits per heavy atom. The molecule has 0 unspecified atom stereocenters. The van der Waals surface area contributed by atoms with Crippen LogP contribution in [0.15, 0.2) is 24.3 Å². The Hall–Kier alpha value is -2.10. The van der Waals surface area contributed by atoms with Crippen molar-refractivity contribution in [3.8, 4) is 0 Å². The lowest BCUT2D eigenvalue weighted by Gasteiger charge is -2.06. The zero-order valence-corrected chi connectivity index (χ0v) is 12.3. The molecule has 0 saturated carbocycles.